The predicted octanol–water partition coefficient (Wildman–Crippen LogP) is 3.44. The first kappa shape index (κ1) is 14.5. The second kappa shape index (κ2) is 6.53. The van der Waals surface area contributed by atoms with E-state index in [1.807, 2.05) is 0 Å². The summed E-state index contributed by atoms with van der Waals surface area (Å²) < 4.78 is 0. The highest BCUT2D eigenvalue weighted by molar-refractivity contribution is 5.31. The van der Waals surface area contributed by atoms with E-state index in [9.17, 15) is 0 Å². The summed E-state index contributed by atoms with van der Waals surface area (Å²) in [6, 6.07) is 8.07. The van der Waals surface area contributed by atoms with Gasteiger partial charge in [0.05, 0.1) is 0 Å². The molecule has 1 aliphatic rings. The van der Waals surface area contributed by atoms with Crippen LogP contribution < -0.4 is 5.32 Å². The zero-order chi connectivity index (χ0) is 13.8. The van der Waals surface area contributed by atoms with Crippen LogP contribution in [0.3, 0.4) is 0 Å². The summed E-state index contributed by atoms with van der Waals surface area (Å²) in [5.41, 5.74) is 4.18. The van der Waals surface area contributed by atoms with Crippen molar-refractivity contribution in [1.29, 1.82) is 0 Å². The molecule has 2 rings (SSSR count). The molecule has 1 aromatic carbocycles. The minimum Gasteiger partial charge on any atom is -0.312 e. The number of benzene rings is 1. The van der Waals surface area contributed by atoms with E-state index in [1.165, 1.54) is 42.4 Å². The van der Waals surface area contributed by atoms with Crippen molar-refractivity contribution in [3.05, 3.63) is 34.9 Å². The Labute approximate surface area is 118 Å². The monoisotopic (exact) mass is 260 g/mol. The molecule has 1 unspecified atom stereocenters. The summed E-state index contributed by atoms with van der Waals surface area (Å²) >= 11 is 0. The molecule has 0 amide bonds. The molecule has 0 heterocycles. The summed E-state index contributed by atoms with van der Waals surface area (Å²) in [6.45, 7) is 5.48. The van der Waals surface area contributed by atoms with Crippen LogP contribution in [0.25, 0.3) is 0 Å². The van der Waals surface area contributed by atoms with Gasteiger partial charge in [-0.15, -0.1) is 0 Å². The molecule has 0 bridgehead atoms. The van der Waals surface area contributed by atoms with Gasteiger partial charge in [0.1, 0.15) is 0 Å². The van der Waals surface area contributed by atoms with Gasteiger partial charge in [0.2, 0.25) is 0 Å². The Morgan fingerprint density at radius 1 is 1.21 bits per heavy atom. The van der Waals surface area contributed by atoms with Crippen LogP contribution >= 0.6 is 0 Å². The van der Waals surface area contributed by atoms with Crippen LogP contribution in [0.5, 0.6) is 0 Å². The molecule has 1 aliphatic carbocycles. The van der Waals surface area contributed by atoms with Gasteiger partial charge in [0.15, 0.2) is 0 Å². The summed E-state index contributed by atoms with van der Waals surface area (Å²) in [7, 11) is 4.35. The van der Waals surface area contributed by atoms with E-state index in [-0.39, 0.29) is 0 Å². The van der Waals surface area contributed by atoms with Crippen LogP contribution in [0, 0.1) is 13.8 Å². The van der Waals surface area contributed by atoms with Crippen molar-refractivity contribution in [2.45, 2.75) is 51.6 Å². The lowest BCUT2D eigenvalue weighted by Gasteiger charge is -2.29. The van der Waals surface area contributed by atoms with Crippen LogP contribution in [0.2, 0.25) is 0 Å². The van der Waals surface area contributed by atoms with E-state index < -0.39 is 0 Å². The standard InChI is InChI=1S/C17H28N2/c1-13-9-10-15(11-14(13)2)17(18-3)12-19(4)16-7-5-6-8-16/h9-11,16-18H,5-8,12H2,1-4H3. The first-order valence-electron chi connectivity index (χ1n) is 7.56. The topological polar surface area (TPSA) is 15.3 Å². The first-order chi connectivity index (χ1) is 9.11. The van der Waals surface area contributed by atoms with Crippen molar-refractivity contribution < 1.29 is 0 Å². The van der Waals surface area contributed by atoms with E-state index in [4.69, 9.17) is 0 Å². The molecular formula is C17H28N2. The Morgan fingerprint density at radius 3 is 2.47 bits per heavy atom. The molecule has 1 saturated carbocycles. The average molecular weight is 260 g/mol. The summed E-state index contributed by atoms with van der Waals surface area (Å²) in [4.78, 5) is 2.54. The van der Waals surface area contributed by atoms with Crippen LogP contribution in [0.15, 0.2) is 18.2 Å². The highest BCUT2D eigenvalue weighted by Gasteiger charge is 2.22. The van der Waals surface area contributed by atoms with Crippen LogP contribution in [0.1, 0.15) is 48.4 Å². The molecular weight excluding hydrogens is 232 g/mol. The number of nitrogens with zero attached hydrogens (tertiary/aromatic N) is 1. The second-order valence-corrected chi connectivity index (χ2v) is 6.06. The van der Waals surface area contributed by atoms with E-state index in [0.717, 1.165) is 12.6 Å². The fraction of sp³-hybridized carbons (Fsp3) is 0.647. The molecule has 1 N–H and O–H groups in total. The number of likely N-dealkylation sites (N-methyl/N-ethyl adjacent to an activating group) is 2. The van der Waals surface area contributed by atoms with Gasteiger partial charge in [-0.25, -0.2) is 0 Å². The third-order valence-corrected chi connectivity index (χ3v) is 4.70. The molecule has 106 valence electrons. The van der Waals surface area contributed by atoms with E-state index in [2.05, 4.69) is 56.4 Å². The largest absolute Gasteiger partial charge is 0.312 e. The van der Waals surface area contributed by atoms with Gasteiger partial charge in [0, 0.05) is 18.6 Å². The molecule has 0 radical (unpaired) electrons. The van der Waals surface area contributed by atoms with Crippen LogP contribution in [0.4, 0.5) is 0 Å². The van der Waals surface area contributed by atoms with Crippen LogP contribution in [-0.2, 0) is 0 Å². The molecule has 2 nitrogen and oxygen atoms in total. The van der Waals surface area contributed by atoms with Crippen molar-refractivity contribution in [2.75, 3.05) is 20.6 Å². The van der Waals surface area contributed by atoms with Gasteiger partial charge in [0.25, 0.3) is 0 Å². The smallest absolute Gasteiger partial charge is 0.0446 e. The maximum atomic E-state index is 3.48. The third kappa shape index (κ3) is 3.58. The molecule has 19 heavy (non-hydrogen) atoms. The Morgan fingerprint density at radius 2 is 1.89 bits per heavy atom. The van der Waals surface area contributed by atoms with Crippen molar-refractivity contribution >= 4 is 0 Å². The Hall–Kier alpha value is -0.860. The third-order valence-electron chi connectivity index (χ3n) is 4.70. The number of hydrogen-bond donors (Lipinski definition) is 1. The zero-order valence-electron chi connectivity index (χ0n) is 12.9. The summed E-state index contributed by atoms with van der Waals surface area (Å²) in [6.07, 6.45) is 5.56. The van der Waals surface area contributed by atoms with Crippen molar-refractivity contribution in [2.24, 2.45) is 0 Å². The van der Waals surface area contributed by atoms with Crippen molar-refractivity contribution in [3.63, 3.8) is 0 Å². The van der Waals surface area contributed by atoms with Gasteiger partial charge in [-0.3, -0.25) is 0 Å². The Bertz CT molecular complexity index is 408. The lowest BCUT2D eigenvalue weighted by molar-refractivity contribution is 0.222. The van der Waals surface area contributed by atoms with E-state index in [0.29, 0.717) is 6.04 Å². The molecule has 1 aromatic rings. The minimum atomic E-state index is 0.435. The predicted molar refractivity (Wildman–Crippen MR) is 82.6 cm³/mol. The normalized spacial score (nSPS) is 18.2. The average Bonchev–Trinajstić information content (AvgIpc) is 2.93. The van der Waals surface area contributed by atoms with Crippen molar-refractivity contribution in [1.82, 2.24) is 10.2 Å². The lowest BCUT2D eigenvalue weighted by atomic mass is 10.0. The summed E-state index contributed by atoms with van der Waals surface area (Å²) in [5, 5.41) is 3.48. The molecule has 2 heteroatoms. The Balaban J connectivity index is 2.04. The van der Waals surface area contributed by atoms with Gasteiger partial charge < -0.3 is 10.2 Å². The van der Waals surface area contributed by atoms with Gasteiger partial charge in [-0.1, -0.05) is 31.0 Å². The summed E-state index contributed by atoms with van der Waals surface area (Å²) in [5.74, 6) is 0. The maximum absolute atomic E-state index is 3.48. The highest BCUT2D eigenvalue weighted by atomic mass is 15.2. The quantitative estimate of drug-likeness (QED) is 0.872. The number of hydrogen-bond acceptors (Lipinski definition) is 2. The SMILES string of the molecule is CNC(CN(C)C1CCCC1)c1ccc(C)c(C)c1. The second-order valence-electron chi connectivity index (χ2n) is 6.06. The Kier molecular flexibility index (Phi) is 5.00. The fourth-order valence-electron chi connectivity index (χ4n) is 3.13. The highest BCUT2D eigenvalue weighted by Crippen LogP contribution is 2.25. The number of nitrogens with one attached hydrogen (secondary N) is 1. The molecule has 1 fully saturated rings. The maximum Gasteiger partial charge on any atom is 0.0446 e. The molecule has 0 aromatic heterocycles. The fourth-order valence-corrected chi connectivity index (χ4v) is 3.13. The first-order valence-corrected chi connectivity index (χ1v) is 7.56. The molecule has 1 atom stereocenters. The number of rotatable bonds is 5. The lowest BCUT2D eigenvalue weighted by Crippen LogP contribution is -2.36. The molecule has 0 saturated heterocycles. The van der Waals surface area contributed by atoms with Gasteiger partial charge in [-0.05, 0) is 57.5 Å². The molecule has 0 spiro atoms. The molecule has 0 aliphatic heterocycles. The van der Waals surface area contributed by atoms with Gasteiger partial charge in [-0.2, -0.15) is 0 Å². The van der Waals surface area contributed by atoms with Crippen molar-refractivity contribution in [3.8, 4) is 0 Å². The van der Waals surface area contributed by atoms with E-state index >= 15 is 0 Å². The zero-order valence-corrected chi connectivity index (χ0v) is 12.9. The van der Waals surface area contributed by atoms with Gasteiger partial charge >= 0.3 is 0 Å². The van der Waals surface area contributed by atoms with Crippen LogP contribution in [-0.4, -0.2) is 31.6 Å². The minimum absolute atomic E-state index is 0.435. The van der Waals surface area contributed by atoms with E-state index in [1.54, 1.807) is 0 Å². The number of aryl methyl sites for hydroxylation is 2.